The number of urea groups is 1. The van der Waals surface area contributed by atoms with Crippen LogP contribution < -0.4 is 15.5 Å². The van der Waals surface area contributed by atoms with Crippen LogP contribution in [-0.2, 0) is 20.9 Å². The highest BCUT2D eigenvalue weighted by Gasteiger charge is 2.47. The Labute approximate surface area is 194 Å². The quantitative estimate of drug-likeness (QED) is 0.531. The second-order valence-corrected chi connectivity index (χ2v) is 10.1. The van der Waals surface area contributed by atoms with Crippen LogP contribution >= 0.6 is 0 Å². The molecule has 2 aliphatic carbocycles. The van der Waals surface area contributed by atoms with Gasteiger partial charge in [0.25, 0.3) is 0 Å². The zero-order valence-corrected chi connectivity index (χ0v) is 19.4. The number of hydrogen-bond acceptors (Lipinski definition) is 7. The van der Waals surface area contributed by atoms with Crippen molar-refractivity contribution in [2.24, 2.45) is 0 Å². The molecule has 3 fully saturated rings. The van der Waals surface area contributed by atoms with Crippen molar-refractivity contribution >= 4 is 28.2 Å². The highest BCUT2D eigenvalue weighted by molar-refractivity contribution is 7.72. The number of rotatable bonds is 7. The van der Waals surface area contributed by atoms with Crippen molar-refractivity contribution in [3.05, 3.63) is 36.0 Å². The molecular formula is C23H29N5O4S. The number of benzene rings is 1. The second-order valence-electron chi connectivity index (χ2n) is 9.11. The van der Waals surface area contributed by atoms with Crippen molar-refractivity contribution in [1.29, 1.82) is 0 Å². The number of thiol groups is 1. The lowest BCUT2D eigenvalue weighted by molar-refractivity contribution is 0.122. The second kappa shape index (κ2) is 9.26. The van der Waals surface area contributed by atoms with E-state index in [0.29, 0.717) is 24.7 Å². The van der Waals surface area contributed by atoms with Crippen LogP contribution in [0.25, 0.3) is 11.4 Å². The largest absolute Gasteiger partial charge is 0.378 e. The third kappa shape index (κ3) is 5.11. The Balaban J connectivity index is 1.40. The SMILES string of the molecule is O=C(Nc1ccc(-c2nc(N3CCOCC3)cc(C3(C[SH](=O)=O)CC3)n2)cc1)NC1CCC1. The van der Waals surface area contributed by atoms with Gasteiger partial charge in [0, 0.05) is 41.9 Å². The number of hydrogen-bond donors (Lipinski definition) is 3. The minimum atomic E-state index is -2.49. The minimum Gasteiger partial charge on any atom is -0.378 e. The molecule has 0 bridgehead atoms. The van der Waals surface area contributed by atoms with Crippen molar-refractivity contribution in [3.63, 3.8) is 0 Å². The molecule has 3 aliphatic rings. The Morgan fingerprint density at radius 1 is 1.12 bits per heavy atom. The molecule has 9 nitrogen and oxygen atoms in total. The molecular weight excluding hydrogens is 442 g/mol. The van der Waals surface area contributed by atoms with Gasteiger partial charge in [0.05, 0.1) is 24.7 Å². The lowest BCUT2D eigenvalue weighted by Gasteiger charge is -2.29. The summed E-state index contributed by atoms with van der Waals surface area (Å²) >= 11 is 0. The van der Waals surface area contributed by atoms with Crippen LogP contribution in [0.5, 0.6) is 0 Å². The summed E-state index contributed by atoms with van der Waals surface area (Å²) in [5.41, 5.74) is 1.89. The summed E-state index contributed by atoms with van der Waals surface area (Å²) in [5, 5.41) is 5.83. The van der Waals surface area contributed by atoms with E-state index in [-0.39, 0.29) is 17.8 Å². The van der Waals surface area contributed by atoms with Crippen molar-refractivity contribution in [3.8, 4) is 11.4 Å². The van der Waals surface area contributed by atoms with Gasteiger partial charge in [0.15, 0.2) is 5.82 Å². The highest BCUT2D eigenvalue weighted by atomic mass is 32.2. The maximum atomic E-state index is 12.1. The third-order valence-corrected chi connectivity index (χ3v) is 7.58. The fraction of sp³-hybridized carbons (Fsp3) is 0.522. The van der Waals surface area contributed by atoms with E-state index in [2.05, 4.69) is 15.5 Å². The van der Waals surface area contributed by atoms with E-state index in [4.69, 9.17) is 14.7 Å². The first kappa shape index (κ1) is 22.1. The smallest absolute Gasteiger partial charge is 0.319 e. The molecule has 2 N–H and O–H groups in total. The summed E-state index contributed by atoms with van der Waals surface area (Å²) in [6.07, 6.45) is 4.86. The Morgan fingerprint density at radius 2 is 1.85 bits per heavy atom. The van der Waals surface area contributed by atoms with Crippen LogP contribution in [0.3, 0.4) is 0 Å². The first-order chi connectivity index (χ1) is 16.0. The molecule has 10 heteroatoms. The number of morpholine rings is 1. The fourth-order valence-corrected chi connectivity index (χ4v) is 5.26. The summed E-state index contributed by atoms with van der Waals surface area (Å²) in [6.45, 7) is 2.74. The van der Waals surface area contributed by atoms with E-state index in [0.717, 1.165) is 62.3 Å². The summed E-state index contributed by atoms with van der Waals surface area (Å²) in [4.78, 5) is 23.9. The topological polar surface area (TPSA) is 114 Å². The molecule has 1 aromatic heterocycles. The van der Waals surface area contributed by atoms with Gasteiger partial charge in [0.2, 0.25) is 0 Å². The van der Waals surface area contributed by atoms with Crippen LogP contribution in [0.15, 0.2) is 30.3 Å². The van der Waals surface area contributed by atoms with Gasteiger partial charge in [-0.25, -0.2) is 23.2 Å². The molecule has 2 saturated carbocycles. The summed E-state index contributed by atoms with van der Waals surface area (Å²) in [6, 6.07) is 9.47. The maximum Gasteiger partial charge on any atom is 0.319 e. The first-order valence-electron chi connectivity index (χ1n) is 11.5. The minimum absolute atomic E-state index is 0.111. The zero-order chi connectivity index (χ0) is 22.8. The van der Waals surface area contributed by atoms with Crippen molar-refractivity contribution in [2.45, 2.75) is 43.6 Å². The fourth-order valence-electron chi connectivity index (χ4n) is 4.29. The molecule has 176 valence electrons. The summed E-state index contributed by atoms with van der Waals surface area (Å²) in [7, 11) is -2.49. The molecule has 0 spiro atoms. The molecule has 5 rings (SSSR count). The van der Waals surface area contributed by atoms with Gasteiger partial charge in [-0.1, -0.05) is 0 Å². The molecule has 2 aromatic rings. The van der Waals surface area contributed by atoms with E-state index in [1.807, 2.05) is 30.3 Å². The molecule has 0 atom stereocenters. The molecule has 0 unspecified atom stereocenters. The predicted octanol–water partition coefficient (Wildman–Crippen LogP) is 2.30. The lowest BCUT2D eigenvalue weighted by Crippen LogP contribution is -2.41. The summed E-state index contributed by atoms with van der Waals surface area (Å²) in [5.74, 6) is 1.47. The monoisotopic (exact) mass is 471 g/mol. The number of carbonyl (C=O) groups excluding carboxylic acids is 1. The van der Waals surface area contributed by atoms with E-state index in [1.165, 1.54) is 0 Å². The van der Waals surface area contributed by atoms with Gasteiger partial charge in [0.1, 0.15) is 16.5 Å². The average molecular weight is 472 g/mol. The van der Waals surface area contributed by atoms with Crippen molar-refractivity contribution in [2.75, 3.05) is 42.3 Å². The molecule has 1 saturated heterocycles. The van der Waals surface area contributed by atoms with Crippen LogP contribution in [0.1, 0.15) is 37.8 Å². The zero-order valence-electron chi connectivity index (χ0n) is 18.5. The predicted molar refractivity (Wildman–Crippen MR) is 126 cm³/mol. The van der Waals surface area contributed by atoms with Gasteiger partial charge in [-0.3, -0.25) is 0 Å². The van der Waals surface area contributed by atoms with E-state index in [9.17, 15) is 13.2 Å². The number of nitrogens with one attached hydrogen (secondary N) is 2. The molecule has 33 heavy (non-hydrogen) atoms. The van der Waals surface area contributed by atoms with Crippen molar-refractivity contribution in [1.82, 2.24) is 15.3 Å². The number of anilines is 2. The lowest BCUT2D eigenvalue weighted by atomic mass is 9.93. The molecule has 2 heterocycles. The number of nitrogens with zero attached hydrogens (tertiary/aromatic N) is 3. The number of ether oxygens (including phenoxy) is 1. The highest BCUT2D eigenvalue weighted by Crippen LogP contribution is 2.48. The molecule has 1 aliphatic heterocycles. The molecule has 2 amide bonds. The van der Waals surface area contributed by atoms with Crippen LogP contribution in [-0.4, -0.2) is 62.5 Å². The standard InChI is InChI=1S/C23H29N5O4S/c29-22(24-17-2-1-3-17)25-18-6-4-16(5-7-18)21-26-19(23(8-9-23)15-33(30)31)14-20(27-21)28-10-12-32-13-11-28/h4-7,14,17,33H,1-3,8-13,15H2,(H2,24,25,29). The first-order valence-corrected chi connectivity index (χ1v) is 12.9. The van der Waals surface area contributed by atoms with Gasteiger partial charge in [-0.05, 0) is 56.4 Å². The molecule has 1 aromatic carbocycles. The number of carbonyl (C=O) groups is 1. The Morgan fingerprint density at radius 3 is 2.45 bits per heavy atom. The van der Waals surface area contributed by atoms with E-state index in [1.54, 1.807) is 0 Å². The maximum absolute atomic E-state index is 12.1. The Hall–Kier alpha value is -2.72. The van der Waals surface area contributed by atoms with Gasteiger partial charge in [-0.15, -0.1) is 0 Å². The van der Waals surface area contributed by atoms with Crippen LogP contribution in [0.2, 0.25) is 0 Å². The van der Waals surface area contributed by atoms with Gasteiger partial charge in [-0.2, -0.15) is 0 Å². The number of aromatic nitrogens is 2. The van der Waals surface area contributed by atoms with Crippen molar-refractivity contribution < 1.29 is 17.9 Å². The molecule has 0 radical (unpaired) electrons. The average Bonchev–Trinajstić information content (AvgIpc) is 3.57. The Kier molecular flexibility index (Phi) is 6.20. The Bertz CT molecular complexity index is 1080. The summed E-state index contributed by atoms with van der Waals surface area (Å²) < 4.78 is 28.5. The number of amides is 2. The van der Waals surface area contributed by atoms with Gasteiger partial charge < -0.3 is 20.3 Å². The van der Waals surface area contributed by atoms with E-state index < -0.39 is 16.1 Å². The normalized spacial score (nSPS) is 19.7. The van der Waals surface area contributed by atoms with E-state index >= 15 is 0 Å². The third-order valence-electron chi connectivity index (χ3n) is 6.72. The van der Waals surface area contributed by atoms with Crippen LogP contribution in [0.4, 0.5) is 16.3 Å². The van der Waals surface area contributed by atoms with Gasteiger partial charge >= 0.3 is 6.03 Å². The van der Waals surface area contributed by atoms with Crippen LogP contribution in [0, 0.1) is 0 Å².